The normalized spacial score (nSPS) is 20.9. The van der Waals surface area contributed by atoms with E-state index in [0.29, 0.717) is 24.1 Å². The highest BCUT2D eigenvalue weighted by molar-refractivity contribution is 6.03. The van der Waals surface area contributed by atoms with Crippen LogP contribution in [0.3, 0.4) is 0 Å². The smallest absolute Gasteiger partial charge is 0.275 e. The second-order valence-electron chi connectivity index (χ2n) is 8.02. The fraction of sp³-hybridized carbons (Fsp3) is 0.381. The zero-order valence-corrected chi connectivity index (χ0v) is 17.3. The average Bonchev–Trinajstić information content (AvgIpc) is 3.56. The summed E-state index contributed by atoms with van der Waals surface area (Å²) in [4.78, 5) is 38.5. The number of carbonyl (C=O) groups is 2. The Bertz CT molecular complexity index is 1050. The predicted molar refractivity (Wildman–Crippen MR) is 111 cm³/mol. The highest BCUT2D eigenvalue weighted by Crippen LogP contribution is 2.36. The van der Waals surface area contributed by atoms with E-state index in [0.717, 1.165) is 12.8 Å². The van der Waals surface area contributed by atoms with Crippen molar-refractivity contribution in [2.24, 2.45) is 16.6 Å². The number of amides is 2. The zero-order chi connectivity index (χ0) is 22.2. The molecule has 1 aliphatic carbocycles. The van der Waals surface area contributed by atoms with E-state index in [1.807, 2.05) is 0 Å². The maximum absolute atomic E-state index is 14.6. The van der Waals surface area contributed by atoms with Crippen LogP contribution in [0.5, 0.6) is 5.88 Å². The van der Waals surface area contributed by atoms with Gasteiger partial charge in [-0.2, -0.15) is 0 Å². The van der Waals surface area contributed by atoms with E-state index >= 15 is 0 Å². The number of hydrogen-bond acceptors (Lipinski definition) is 7. The molecule has 3 N–H and O–H groups in total. The summed E-state index contributed by atoms with van der Waals surface area (Å²) in [6.07, 6.45) is 5.00. The second-order valence-corrected chi connectivity index (χ2v) is 8.02. The number of benzene rings is 1. The fourth-order valence-electron chi connectivity index (χ4n) is 3.27. The van der Waals surface area contributed by atoms with Gasteiger partial charge in [0, 0.05) is 18.3 Å². The van der Waals surface area contributed by atoms with Gasteiger partial charge in [-0.25, -0.2) is 19.4 Å². The number of hydrogen-bond donors (Lipinski definition) is 2. The van der Waals surface area contributed by atoms with E-state index in [4.69, 9.17) is 10.5 Å². The first-order chi connectivity index (χ1) is 14.7. The van der Waals surface area contributed by atoms with Gasteiger partial charge in [0.2, 0.25) is 11.8 Å². The molecule has 0 spiro atoms. The fourth-order valence-corrected chi connectivity index (χ4v) is 3.27. The number of aromatic nitrogens is 2. The van der Waals surface area contributed by atoms with Gasteiger partial charge >= 0.3 is 0 Å². The molecule has 0 radical (unpaired) electrons. The molecule has 1 fully saturated rings. The number of aliphatic imine (C=N–C) groups is 1. The lowest BCUT2D eigenvalue weighted by molar-refractivity contribution is -0.128. The van der Waals surface area contributed by atoms with E-state index in [2.05, 4.69) is 20.3 Å². The summed E-state index contributed by atoms with van der Waals surface area (Å²) in [5.74, 6) is -0.380. The van der Waals surface area contributed by atoms with Crippen molar-refractivity contribution < 1.29 is 18.7 Å². The number of halogens is 1. The predicted octanol–water partition coefficient (Wildman–Crippen LogP) is 2.05. The Morgan fingerprint density at radius 2 is 2.13 bits per heavy atom. The van der Waals surface area contributed by atoms with Gasteiger partial charge in [0.25, 0.3) is 5.91 Å². The number of anilines is 1. The third-order valence-electron chi connectivity index (χ3n) is 5.40. The molecule has 1 aliphatic heterocycles. The van der Waals surface area contributed by atoms with Crippen LogP contribution in [0.2, 0.25) is 0 Å². The van der Waals surface area contributed by atoms with Crippen LogP contribution in [0, 0.1) is 11.7 Å². The molecule has 0 bridgehead atoms. The third kappa shape index (κ3) is 4.47. The highest BCUT2D eigenvalue weighted by atomic mass is 19.1. The first-order valence-corrected chi connectivity index (χ1v) is 9.93. The molecule has 4 rings (SSSR count). The van der Waals surface area contributed by atoms with Crippen molar-refractivity contribution >= 4 is 23.5 Å². The summed E-state index contributed by atoms with van der Waals surface area (Å²) in [5, 5.41) is 2.67. The van der Waals surface area contributed by atoms with Crippen molar-refractivity contribution in [2.75, 3.05) is 19.0 Å². The van der Waals surface area contributed by atoms with E-state index in [9.17, 15) is 14.0 Å². The van der Waals surface area contributed by atoms with Crippen LogP contribution >= 0.6 is 0 Å². The van der Waals surface area contributed by atoms with Gasteiger partial charge in [0.15, 0.2) is 5.96 Å². The number of carbonyl (C=O) groups excluding carboxylic acids is 2. The van der Waals surface area contributed by atoms with Gasteiger partial charge in [-0.1, -0.05) is 0 Å². The van der Waals surface area contributed by atoms with Gasteiger partial charge in [-0.05, 0) is 43.9 Å². The van der Waals surface area contributed by atoms with Crippen molar-refractivity contribution in [3.8, 4) is 5.88 Å². The standard InChI is InChI=1S/C21H23FN6O3/c1-21(8-18(29)28(2)20(23)27-21)14-7-13(5-6-15(14)22)26-19(30)16-9-25-17(10-24-16)31-11-12-3-4-12/h5-7,9-10,12H,3-4,8,11H2,1-2H3,(H2,23,27)(H,26,30). The largest absolute Gasteiger partial charge is 0.476 e. The van der Waals surface area contributed by atoms with Crippen molar-refractivity contribution in [3.05, 3.63) is 47.7 Å². The Morgan fingerprint density at radius 1 is 1.35 bits per heavy atom. The lowest BCUT2D eigenvalue weighted by Gasteiger charge is -2.34. The van der Waals surface area contributed by atoms with Gasteiger partial charge in [-0.15, -0.1) is 0 Å². The van der Waals surface area contributed by atoms with Crippen molar-refractivity contribution in [1.29, 1.82) is 0 Å². The van der Waals surface area contributed by atoms with Crippen LogP contribution < -0.4 is 15.8 Å². The lowest BCUT2D eigenvalue weighted by atomic mass is 9.87. The molecule has 162 valence electrons. The minimum Gasteiger partial charge on any atom is -0.476 e. The minimum absolute atomic E-state index is 0.00635. The molecule has 1 aromatic carbocycles. The van der Waals surface area contributed by atoms with Crippen molar-refractivity contribution in [1.82, 2.24) is 14.9 Å². The molecule has 2 heterocycles. The van der Waals surface area contributed by atoms with Gasteiger partial charge in [0.1, 0.15) is 11.5 Å². The Labute approximate surface area is 178 Å². The first-order valence-electron chi connectivity index (χ1n) is 9.93. The SMILES string of the molecule is CN1C(=O)CC(C)(c2cc(NC(=O)c3cnc(OCC4CC4)cn3)ccc2F)N=C1N. The maximum atomic E-state index is 14.6. The van der Waals surface area contributed by atoms with Crippen molar-refractivity contribution in [2.45, 2.75) is 31.7 Å². The van der Waals surface area contributed by atoms with E-state index in [1.54, 1.807) is 6.92 Å². The number of nitrogens with zero attached hydrogens (tertiary/aromatic N) is 4. The van der Waals surface area contributed by atoms with Crippen LogP contribution in [-0.4, -0.2) is 46.3 Å². The minimum atomic E-state index is -1.18. The molecule has 1 saturated carbocycles. The van der Waals surface area contributed by atoms with Gasteiger partial charge in [-0.3, -0.25) is 14.5 Å². The molecule has 2 amide bonds. The van der Waals surface area contributed by atoms with Crippen LogP contribution in [0.1, 0.15) is 42.2 Å². The number of ether oxygens (including phenoxy) is 1. The molecule has 9 nitrogen and oxygen atoms in total. The van der Waals surface area contributed by atoms with E-state index in [1.165, 1.54) is 42.5 Å². The quantitative estimate of drug-likeness (QED) is 0.729. The topological polar surface area (TPSA) is 123 Å². The molecule has 2 aliphatic rings. The molecule has 1 unspecified atom stereocenters. The average molecular weight is 426 g/mol. The van der Waals surface area contributed by atoms with E-state index < -0.39 is 17.3 Å². The van der Waals surface area contributed by atoms with Crippen LogP contribution in [0.25, 0.3) is 0 Å². The number of nitrogens with one attached hydrogen (secondary N) is 1. The Morgan fingerprint density at radius 3 is 2.77 bits per heavy atom. The number of nitrogens with two attached hydrogens (primary N) is 1. The zero-order valence-electron chi connectivity index (χ0n) is 17.3. The molecule has 10 heteroatoms. The summed E-state index contributed by atoms with van der Waals surface area (Å²) >= 11 is 0. The molecular weight excluding hydrogens is 403 g/mol. The first kappa shape index (κ1) is 20.7. The van der Waals surface area contributed by atoms with Gasteiger partial charge < -0.3 is 15.8 Å². The van der Waals surface area contributed by atoms with Gasteiger partial charge in [0.05, 0.1) is 31.0 Å². The summed E-state index contributed by atoms with van der Waals surface area (Å²) in [6, 6.07) is 4.08. The summed E-state index contributed by atoms with van der Waals surface area (Å²) in [5.41, 5.74) is 5.22. The second kappa shape index (κ2) is 7.93. The Balaban J connectivity index is 1.50. The molecule has 2 aromatic rings. The summed E-state index contributed by atoms with van der Waals surface area (Å²) in [6.45, 7) is 2.23. The summed E-state index contributed by atoms with van der Waals surface area (Å²) in [7, 11) is 1.51. The van der Waals surface area contributed by atoms with Crippen LogP contribution in [0.4, 0.5) is 10.1 Å². The third-order valence-corrected chi connectivity index (χ3v) is 5.40. The molecular formula is C21H23FN6O3. The summed E-state index contributed by atoms with van der Waals surface area (Å²) < 4.78 is 20.1. The maximum Gasteiger partial charge on any atom is 0.275 e. The van der Waals surface area contributed by atoms with Crippen molar-refractivity contribution in [3.63, 3.8) is 0 Å². The number of rotatable bonds is 6. The molecule has 0 saturated heterocycles. The Kier molecular flexibility index (Phi) is 5.30. The highest BCUT2D eigenvalue weighted by Gasteiger charge is 2.38. The molecule has 1 aromatic heterocycles. The van der Waals surface area contributed by atoms with E-state index in [-0.39, 0.29) is 29.5 Å². The van der Waals surface area contributed by atoms with Crippen LogP contribution in [-0.2, 0) is 10.3 Å². The monoisotopic (exact) mass is 426 g/mol. The molecule has 1 atom stereocenters. The lowest BCUT2D eigenvalue weighted by Crippen LogP contribution is -2.47. The van der Waals surface area contributed by atoms with Crippen LogP contribution in [0.15, 0.2) is 35.6 Å². The molecule has 31 heavy (non-hydrogen) atoms. The Hall–Kier alpha value is -3.56. The number of guanidine groups is 1.